The predicted octanol–water partition coefficient (Wildman–Crippen LogP) is 3.24. The average molecular weight is 359 g/mol. The van der Waals surface area contributed by atoms with Crippen molar-refractivity contribution in [2.45, 2.75) is 19.1 Å². The standard InChI is InChI=1S/C15H19ClN2O2S2/c1-9-6-10(2)13(11(16)7-9)17-15(21)18-4-5-22-12(8-18)14(19)20-3/h6-7,12H,4-5,8H2,1-3H3,(H,17,21)/t12-/m0/s1. The Morgan fingerprint density at radius 1 is 1.50 bits per heavy atom. The molecule has 1 aliphatic rings. The number of carbonyl (C=O) groups is 1. The summed E-state index contributed by atoms with van der Waals surface area (Å²) < 4.78 is 4.82. The third-order valence-corrected chi connectivity index (χ3v) is 5.30. The molecule has 1 aromatic rings. The Balaban J connectivity index is 2.08. The van der Waals surface area contributed by atoms with Crippen LogP contribution >= 0.6 is 35.6 Å². The second-order valence-electron chi connectivity index (χ2n) is 5.20. The van der Waals surface area contributed by atoms with Crippen molar-refractivity contribution in [2.24, 2.45) is 0 Å². The fourth-order valence-electron chi connectivity index (χ4n) is 2.37. The van der Waals surface area contributed by atoms with Gasteiger partial charge in [0.1, 0.15) is 5.25 Å². The molecular weight excluding hydrogens is 340 g/mol. The lowest BCUT2D eigenvalue weighted by atomic mass is 10.1. The molecule has 0 saturated carbocycles. The largest absolute Gasteiger partial charge is 0.468 e. The third kappa shape index (κ3) is 4.06. The second-order valence-corrected chi connectivity index (χ2v) is 7.30. The summed E-state index contributed by atoms with van der Waals surface area (Å²) in [6.07, 6.45) is 0. The number of benzene rings is 1. The van der Waals surface area contributed by atoms with Gasteiger partial charge in [0, 0.05) is 18.8 Å². The molecule has 0 bridgehead atoms. The van der Waals surface area contributed by atoms with Crippen LogP contribution in [-0.4, -0.2) is 47.2 Å². The van der Waals surface area contributed by atoms with E-state index in [0.29, 0.717) is 16.7 Å². The van der Waals surface area contributed by atoms with Crippen LogP contribution in [0.1, 0.15) is 11.1 Å². The fourth-order valence-corrected chi connectivity index (χ4v) is 4.13. The molecule has 1 aromatic carbocycles. The van der Waals surface area contributed by atoms with Crippen molar-refractivity contribution >= 4 is 52.3 Å². The molecule has 2 rings (SSSR count). The van der Waals surface area contributed by atoms with Crippen molar-refractivity contribution in [3.63, 3.8) is 0 Å². The molecule has 0 spiro atoms. The van der Waals surface area contributed by atoms with Gasteiger partial charge >= 0.3 is 5.97 Å². The Kier molecular flexibility index (Phi) is 5.94. The number of thiocarbonyl (C=S) groups is 1. The van der Waals surface area contributed by atoms with Gasteiger partial charge in [0.25, 0.3) is 0 Å². The number of hydrogen-bond donors (Lipinski definition) is 1. The summed E-state index contributed by atoms with van der Waals surface area (Å²) >= 11 is 13.4. The Bertz CT molecular complexity index is 572. The first-order valence-electron chi connectivity index (χ1n) is 6.94. The van der Waals surface area contributed by atoms with Gasteiger partial charge in [0.05, 0.1) is 17.8 Å². The van der Waals surface area contributed by atoms with Crippen LogP contribution in [0.4, 0.5) is 5.69 Å². The topological polar surface area (TPSA) is 41.6 Å². The zero-order valence-corrected chi connectivity index (χ0v) is 15.2. The van der Waals surface area contributed by atoms with Crippen LogP contribution < -0.4 is 5.32 Å². The maximum absolute atomic E-state index is 11.7. The first-order valence-corrected chi connectivity index (χ1v) is 8.78. The van der Waals surface area contributed by atoms with Crippen molar-refractivity contribution in [3.05, 3.63) is 28.3 Å². The number of anilines is 1. The van der Waals surface area contributed by atoms with E-state index in [9.17, 15) is 4.79 Å². The Labute approximate surface area is 145 Å². The van der Waals surface area contributed by atoms with Crippen LogP contribution in [0.25, 0.3) is 0 Å². The van der Waals surface area contributed by atoms with Crippen LogP contribution in [-0.2, 0) is 9.53 Å². The van der Waals surface area contributed by atoms with Gasteiger partial charge in [0.15, 0.2) is 5.11 Å². The molecule has 120 valence electrons. The number of halogens is 1. The molecule has 0 radical (unpaired) electrons. The van der Waals surface area contributed by atoms with Gasteiger partial charge in [-0.05, 0) is 43.3 Å². The molecule has 22 heavy (non-hydrogen) atoms. The zero-order chi connectivity index (χ0) is 16.3. The molecule has 1 fully saturated rings. The SMILES string of the molecule is COC(=O)[C@@H]1CN(C(=S)Nc2c(C)cc(C)cc2Cl)CCS1. The molecule has 0 aromatic heterocycles. The Morgan fingerprint density at radius 2 is 2.23 bits per heavy atom. The number of hydrogen-bond acceptors (Lipinski definition) is 4. The lowest BCUT2D eigenvalue weighted by Gasteiger charge is -2.33. The molecule has 1 N–H and O–H groups in total. The van der Waals surface area contributed by atoms with Crippen LogP contribution in [0, 0.1) is 13.8 Å². The summed E-state index contributed by atoms with van der Waals surface area (Å²) in [7, 11) is 1.41. The lowest BCUT2D eigenvalue weighted by Crippen LogP contribution is -2.46. The van der Waals surface area contributed by atoms with Gasteiger partial charge in [-0.15, -0.1) is 11.8 Å². The monoisotopic (exact) mass is 358 g/mol. The summed E-state index contributed by atoms with van der Waals surface area (Å²) in [6, 6.07) is 3.96. The number of carbonyl (C=O) groups excluding carboxylic acids is 1. The van der Waals surface area contributed by atoms with Crippen molar-refractivity contribution < 1.29 is 9.53 Å². The van der Waals surface area contributed by atoms with Gasteiger partial charge in [-0.3, -0.25) is 4.79 Å². The molecule has 1 heterocycles. The number of esters is 1. The Morgan fingerprint density at radius 3 is 2.86 bits per heavy atom. The van der Waals surface area contributed by atoms with E-state index in [1.54, 1.807) is 11.8 Å². The molecule has 1 saturated heterocycles. The van der Waals surface area contributed by atoms with E-state index < -0.39 is 0 Å². The maximum Gasteiger partial charge on any atom is 0.320 e. The van der Waals surface area contributed by atoms with Crippen LogP contribution in [0.2, 0.25) is 5.02 Å². The van der Waals surface area contributed by atoms with Crippen LogP contribution in [0.5, 0.6) is 0 Å². The number of aryl methyl sites for hydroxylation is 2. The van der Waals surface area contributed by atoms with Crippen molar-refractivity contribution in [3.8, 4) is 0 Å². The summed E-state index contributed by atoms with van der Waals surface area (Å²) in [5.74, 6) is 0.629. The van der Waals surface area contributed by atoms with Crippen LogP contribution in [0.15, 0.2) is 12.1 Å². The lowest BCUT2D eigenvalue weighted by molar-refractivity contribution is -0.140. The molecule has 1 aliphatic heterocycles. The predicted molar refractivity (Wildman–Crippen MR) is 97.0 cm³/mol. The number of thioether (sulfide) groups is 1. The minimum Gasteiger partial charge on any atom is -0.468 e. The number of nitrogens with zero attached hydrogens (tertiary/aromatic N) is 1. The molecule has 7 heteroatoms. The number of rotatable bonds is 2. The van der Waals surface area contributed by atoms with E-state index in [1.165, 1.54) is 7.11 Å². The van der Waals surface area contributed by atoms with Crippen molar-refractivity contribution in [1.82, 2.24) is 4.90 Å². The highest BCUT2D eigenvalue weighted by molar-refractivity contribution is 8.00. The maximum atomic E-state index is 11.7. The molecule has 0 aliphatic carbocycles. The molecule has 1 atom stereocenters. The van der Waals surface area contributed by atoms with E-state index in [2.05, 4.69) is 11.4 Å². The average Bonchev–Trinajstić information content (AvgIpc) is 2.50. The molecule has 0 unspecified atom stereocenters. The Hall–Kier alpha value is -0.980. The third-order valence-electron chi connectivity index (χ3n) is 3.48. The summed E-state index contributed by atoms with van der Waals surface area (Å²) in [5.41, 5.74) is 2.98. The van der Waals surface area contributed by atoms with Gasteiger partial charge in [-0.25, -0.2) is 0 Å². The van der Waals surface area contributed by atoms with Gasteiger partial charge in [0.2, 0.25) is 0 Å². The number of methoxy groups -OCH3 is 1. The fraction of sp³-hybridized carbons (Fsp3) is 0.467. The summed E-state index contributed by atoms with van der Waals surface area (Å²) in [4.78, 5) is 13.7. The number of nitrogens with one attached hydrogen (secondary N) is 1. The first kappa shape index (κ1) is 17.4. The van der Waals surface area contributed by atoms with E-state index in [1.807, 2.05) is 24.8 Å². The smallest absolute Gasteiger partial charge is 0.320 e. The normalized spacial score (nSPS) is 18.0. The summed E-state index contributed by atoms with van der Waals surface area (Å²) in [5, 5.41) is 4.25. The van der Waals surface area contributed by atoms with Gasteiger partial charge in [-0.1, -0.05) is 17.7 Å². The highest BCUT2D eigenvalue weighted by Crippen LogP contribution is 2.28. The first-order chi connectivity index (χ1) is 10.4. The van der Waals surface area contributed by atoms with Crippen molar-refractivity contribution in [1.29, 1.82) is 0 Å². The second kappa shape index (κ2) is 7.53. The van der Waals surface area contributed by atoms with E-state index >= 15 is 0 Å². The highest BCUT2D eigenvalue weighted by Gasteiger charge is 2.28. The minimum absolute atomic E-state index is 0.201. The van der Waals surface area contributed by atoms with E-state index in [4.69, 9.17) is 28.6 Å². The zero-order valence-electron chi connectivity index (χ0n) is 12.8. The molecular formula is C15H19ClN2O2S2. The minimum atomic E-state index is -0.206. The van der Waals surface area contributed by atoms with Gasteiger partial charge in [-0.2, -0.15) is 0 Å². The highest BCUT2D eigenvalue weighted by atomic mass is 35.5. The van der Waals surface area contributed by atoms with Gasteiger partial charge < -0.3 is 15.0 Å². The van der Waals surface area contributed by atoms with Crippen molar-refractivity contribution in [2.75, 3.05) is 31.3 Å². The quantitative estimate of drug-likeness (QED) is 0.646. The molecule has 0 amide bonds. The van der Waals surface area contributed by atoms with E-state index in [0.717, 1.165) is 29.1 Å². The van der Waals surface area contributed by atoms with Crippen LogP contribution in [0.3, 0.4) is 0 Å². The summed E-state index contributed by atoms with van der Waals surface area (Å²) in [6.45, 7) is 5.34. The number of ether oxygens (including phenoxy) is 1. The van der Waals surface area contributed by atoms with E-state index in [-0.39, 0.29) is 11.2 Å². The molecule has 4 nitrogen and oxygen atoms in total.